The van der Waals surface area contributed by atoms with Gasteiger partial charge in [-0.05, 0) is 19.1 Å². The van der Waals surface area contributed by atoms with Crippen LogP contribution in [0.25, 0.3) is 0 Å². The molecular formula is C13H25NO3S2. The van der Waals surface area contributed by atoms with Crippen molar-refractivity contribution in [1.29, 1.82) is 0 Å². The Morgan fingerprint density at radius 2 is 2.00 bits per heavy atom. The van der Waals surface area contributed by atoms with Gasteiger partial charge in [0.2, 0.25) is 5.91 Å². The van der Waals surface area contributed by atoms with Crippen molar-refractivity contribution in [3.05, 3.63) is 0 Å². The number of hydrogen-bond acceptors (Lipinski definition) is 4. The van der Waals surface area contributed by atoms with Gasteiger partial charge < -0.3 is 4.90 Å². The molecule has 1 rings (SSSR count). The maximum atomic E-state index is 12.1. The molecule has 0 unspecified atom stereocenters. The summed E-state index contributed by atoms with van der Waals surface area (Å²) >= 11 is 1.86. The second-order valence-corrected chi connectivity index (χ2v) is 10.3. The highest BCUT2D eigenvalue weighted by Crippen LogP contribution is 2.24. The first-order valence-electron chi connectivity index (χ1n) is 6.74. The number of sulfone groups is 1. The molecule has 0 aromatic rings. The molecule has 1 amide bonds. The molecule has 0 spiro atoms. The smallest absolute Gasteiger partial charge is 0.222 e. The van der Waals surface area contributed by atoms with Crippen molar-refractivity contribution in [3.8, 4) is 0 Å². The summed E-state index contributed by atoms with van der Waals surface area (Å²) in [5.74, 6) is 1.28. The third-order valence-electron chi connectivity index (χ3n) is 3.06. The number of carbonyl (C=O) groups excluding carboxylic acids is 1. The second-order valence-electron chi connectivity index (χ2n) is 6.11. The van der Waals surface area contributed by atoms with Crippen LogP contribution < -0.4 is 0 Å². The molecule has 0 saturated carbocycles. The molecule has 1 aliphatic heterocycles. The molecule has 1 fully saturated rings. The van der Waals surface area contributed by atoms with Crippen molar-refractivity contribution < 1.29 is 13.2 Å². The van der Waals surface area contributed by atoms with Gasteiger partial charge in [0.25, 0.3) is 0 Å². The van der Waals surface area contributed by atoms with Crippen LogP contribution in [0.4, 0.5) is 0 Å². The van der Waals surface area contributed by atoms with E-state index in [2.05, 4.69) is 20.8 Å². The Kier molecular flexibility index (Phi) is 5.74. The first-order valence-corrected chi connectivity index (χ1v) is 9.55. The van der Waals surface area contributed by atoms with E-state index in [-0.39, 0.29) is 28.2 Å². The van der Waals surface area contributed by atoms with Crippen molar-refractivity contribution in [3.63, 3.8) is 0 Å². The summed E-state index contributed by atoms with van der Waals surface area (Å²) in [6, 6.07) is -0.179. The maximum absolute atomic E-state index is 12.1. The van der Waals surface area contributed by atoms with E-state index in [1.54, 1.807) is 4.90 Å². The highest BCUT2D eigenvalue weighted by Gasteiger charge is 2.30. The van der Waals surface area contributed by atoms with Crippen LogP contribution in [0.15, 0.2) is 0 Å². The van der Waals surface area contributed by atoms with Crippen molar-refractivity contribution in [1.82, 2.24) is 4.90 Å². The Labute approximate surface area is 121 Å². The quantitative estimate of drug-likeness (QED) is 0.745. The van der Waals surface area contributed by atoms with E-state index in [1.807, 2.05) is 18.7 Å². The van der Waals surface area contributed by atoms with Crippen molar-refractivity contribution >= 4 is 27.5 Å². The monoisotopic (exact) mass is 307 g/mol. The Morgan fingerprint density at radius 1 is 1.37 bits per heavy atom. The van der Waals surface area contributed by atoms with Crippen LogP contribution in [0.3, 0.4) is 0 Å². The molecule has 4 nitrogen and oxygen atoms in total. The van der Waals surface area contributed by atoms with Crippen molar-refractivity contribution in [2.45, 2.75) is 51.3 Å². The lowest BCUT2D eigenvalue weighted by molar-refractivity contribution is -0.132. The van der Waals surface area contributed by atoms with E-state index < -0.39 is 9.84 Å². The number of amides is 1. The molecule has 19 heavy (non-hydrogen) atoms. The van der Waals surface area contributed by atoms with Crippen LogP contribution in [-0.2, 0) is 14.6 Å². The van der Waals surface area contributed by atoms with Gasteiger partial charge in [0.15, 0.2) is 9.84 Å². The lowest BCUT2D eigenvalue weighted by atomic mass is 10.2. The number of hydrogen-bond donors (Lipinski definition) is 0. The van der Waals surface area contributed by atoms with E-state index in [0.717, 1.165) is 12.2 Å². The Bertz CT molecular complexity index is 412. The van der Waals surface area contributed by atoms with Crippen LogP contribution in [-0.4, -0.2) is 53.8 Å². The van der Waals surface area contributed by atoms with Crippen LogP contribution >= 0.6 is 11.8 Å². The summed E-state index contributed by atoms with van der Waals surface area (Å²) in [5, 5.41) is 0. The standard InChI is InChI=1S/C13H25NO3S2/c1-11-10-19(16,17)9-7-14(11)12(15)6-5-8-18-13(2,3)4/h11H,5-10H2,1-4H3/t11-/m1/s1. The predicted octanol–water partition coefficient (Wildman–Crippen LogP) is 1.94. The molecule has 0 radical (unpaired) electrons. The zero-order chi connectivity index (χ0) is 14.7. The summed E-state index contributed by atoms with van der Waals surface area (Å²) in [6.45, 7) is 8.67. The molecule has 1 heterocycles. The Hall–Kier alpha value is -0.230. The highest BCUT2D eigenvalue weighted by molar-refractivity contribution is 8.00. The Morgan fingerprint density at radius 3 is 2.53 bits per heavy atom. The zero-order valence-electron chi connectivity index (χ0n) is 12.3. The fraction of sp³-hybridized carbons (Fsp3) is 0.923. The second kappa shape index (κ2) is 6.48. The first kappa shape index (κ1) is 16.8. The molecule has 0 aromatic carbocycles. The van der Waals surface area contributed by atoms with Crippen molar-refractivity contribution in [2.24, 2.45) is 0 Å². The Balaban J connectivity index is 2.34. The minimum atomic E-state index is -2.94. The normalized spacial score (nSPS) is 23.4. The highest BCUT2D eigenvalue weighted by atomic mass is 32.2. The van der Waals surface area contributed by atoms with E-state index in [1.165, 1.54) is 0 Å². The molecular weight excluding hydrogens is 282 g/mol. The molecule has 1 saturated heterocycles. The van der Waals surface area contributed by atoms with Gasteiger partial charge in [-0.25, -0.2) is 8.42 Å². The van der Waals surface area contributed by atoms with Gasteiger partial charge in [-0.2, -0.15) is 11.8 Å². The third-order valence-corrected chi connectivity index (χ3v) is 6.21. The molecule has 1 atom stereocenters. The van der Waals surface area contributed by atoms with Crippen LogP contribution in [0.1, 0.15) is 40.5 Å². The first-order chi connectivity index (χ1) is 8.61. The molecule has 6 heteroatoms. The van der Waals surface area contributed by atoms with E-state index in [9.17, 15) is 13.2 Å². The van der Waals surface area contributed by atoms with Gasteiger partial charge >= 0.3 is 0 Å². The van der Waals surface area contributed by atoms with Gasteiger partial charge in [-0.1, -0.05) is 20.8 Å². The molecule has 0 bridgehead atoms. The summed E-state index contributed by atoms with van der Waals surface area (Å²) < 4.78 is 23.1. The lowest BCUT2D eigenvalue weighted by Gasteiger charge is -2.33. The number of thioether (sulfide) groups is 1. The zero-order valence-corrected chi connectivity index (χ0v) is 13.9. The molecule has 1 aliphatic rings. The number of nitrogens with zero attached hydrogens (tertiary/aromatic N) is 1. The fourth-order valence-corrected chi connectivity index (χ4v) is 4.57. The summed E-state index contributed by atoms with van der Waals surface area (Å²) in [6.07, 6.45) is 1.38. The minimum absolute atomic E-state index is 0.0944. The summed E-state index contributed by atoms with van der Waals surface area (Å²) in [7, 11) is -2.94. The lowest BCUT2D eigenvalue weighted by Crippen LogP contribution is -2.49. The summed E-state index contributed by atoms with van der Waals surface area (Å²) in [4.78, 5) is 13.8. The number of rotatable bonds is 4. The van der Waals surface area contributed by atoms with E-state index >= 15 is 0 Å². The molecule has 0 aliphatic carbocycles. The average molecular weight is 307 g/mol. The summed E-state index contributed by atoms with van der Waals surface area (Å²) in [5.41, 5.74) is 0. The van der Waals surface area contributed by atoms with E-state index in [4.69, 9.17) is 0 Å². The third kappa shape index (κ3) is 6.17. The molecule has 112 valence electrons. The van der Waals surface area contributed by atoms with E-state index in [0.29, 0.717) is 13.0 Å². The number of carbonyl (C=O) groups is 1. The van der Waals surface area contributed by atoms with Crippen LogP contribution in [0.2, 0.25) is 0 Å². The SMILES string of the molecule is C[C@@H]1CS(=O)(=O)CCN1C(=O)CCCSC(C)(C)C. The maximum Gasteiger partial charge on any atom is 0.222 e. The van der Waals surface area contributed by atoms with Gasteiger partial charge in [0, 0.05) is 23.8 Å². The topological polar surface area (TPSA) is 54.5 Å². The molecule has 0 aromatic heterocycles. The van der Waals surface area contributed by atoms with Gasteiger partial charge in [-0.3, -0.25) is 4.79 Å². The predicted molar refractivity (Wildman–Crippen MR) is 81.3 cm³/mol. The van der Waals surface area contributed by atoms with Crippen molar-refractivity contribution in [2.75, 3.05) is 23.8 Å². The van der Waals surface area contributed by atoms with Gasteiger partial charge in [0.05, 0.1) is 11.5 Å². The molecule has 0 N–H and O–H groups in total. The van der Waals surface area contributed by atoms with Gasteiger partial charge in [0.1, 0.15) is 0 Å². The average Bonchev–Trinajstić information content (AvgIpc) is 2.21. The van der Waals surface area contributed by atoms with Crippen LogP contribution in [0.5, 0.6) is 0 Å². The minimum Gasteiger partial charge on any atom is -0.338 e. The van der Waals surface area contributed by atoms with Crippen LogP contribution in [0, 0.1) is 0 Å². The van der Waals surface area contributed by atoms with Gasteiger partial charge in [-0.15, -0.1) is 0 Å². The largest absolute Gasteiger partial charge is 0.338 e. The fourth-order valence-electron chi connectivity index (χ4n) is 2.11.